The van der Waals surface area contributed by atoms with Crippen molar-refractivity contribution in [3.05, 3.63) is 0 Å². The van der Waals surface area contributed by atoms with Gasteiger partial charge in [-0.25, -0.2) is 0 Å². The molecule has 2 heteroatoms. The lowest BCUT2D eigenvalue weighted by atomic mass is 9.85. The molecule has 72 valence electrons. The first-order valence-corrected chi connectivity index (χ1v) is 5.02. The van der Waals surface area contributed by atoms with Crippen LogP contribution >= 0.6 is 0 Å². The van der Waals surface area contributed by atoms with Crippen molar-refractivity contribution in [2.45, 2.75) is 39.7 Å². The van der Waals surface area contributed by atoms with Gasteiger partial charge in [0.25, 0.3) is 0 Å². The molecule has 1 aliphatic heterocycles. The SMILES string of the molecule is CC(N1CCCC1)C(C)(C)CN. The van der Waals surface area contributed by atoms with Crippen LogP contribution in [0, 0.1) is 5.41 Å². The van der Waals surface area contributed by atoms with Crippen molar-refractivity contribution >= 4 is 0 Å². The Hall–Kier alpha value is -0.0800. The van der Waals surface area contributed by atoms with Crippen LogP contribution in [0.5, 0.6) is 0 Å². The monoisotopic (exact) mass is 170 g/mol. The summed E-state index contributed by atoms with van der Waals surface area (Å²) in [5.74, 6) is 0. The van der Waals surface area contributed by atoms with Gasteiger partial charge in [0.05, 0.1) is 0 Å². The first kappa shape index (κ1) is 10.0. The van der Waals surface area contributed by atoms with Gasteiger partial charge in [-0.1, -0.05) is 13.8 Å². The van der Waals surface area contributed by atoms with Crippen molar-refractivity contribution in [2.24, 2.45) is 11.1 Å². The van der Waals surface area contributed by atoms with Gasteiger partial charge in [-0.3, -0.25) is 0 Å². The van der Waals surface area contributed by atoms with Crippen LogP contribution in [0.3, 0.4) is 0 Å². The Labute approximate surface area is 76.1 Å². The topological polar surface area (TPSA) is 29.3 Å². The Kier molecular flexibility index (Phi) is 3.13. The molecular weight excluding hydrogens is 148 g/mol. The second kappa shape index (κ2) is 3.75. The fourth-order valence-electron chi connectivity index (χ4n) is 1.79. The van der Waals surface area contributed by atoms with E-state index in [0.717, 1.165) is 6.54 Å². The van der Waals surface area contributed by atoms with Gasteiger partial charge in [0.2, 0.25) is 0 Å². The standard InChI is InChI=1S/C10H22N2/c1-9(10(2,3)8-11)12-6-4-5-7-12/h9H,4-8,11H2,1-3H3. The van der Waals surface area contributed by atoms with Crippen LogP contribution in [-0.2, 0) is 0 Å². The van der Waals surface area contributed by atoms with Crippen LogP contribution in [0.25, 0.3) is 0 Å². The molecule has 12 heavy (non-hydrogen) atoms. The second-order valence-corrected chi connectivity index (χ2v) is 4.61. The molecule has 0 amide bonds. The molecule has 0 saturated carbocycles. The van der Waals surface area contributed by atoms with Gasteiger partial charge in [0.15, 0.2) is 0 Å². The van der Waals surface area contributed by atoms with Crippen LogP contribution in [0.15, 0.2) is 0 Å². The van der Waals surface area contributed by atoms with E-state index in [2.05, 4.69) is 25.7 Å². The van der Waals surface area contributed by atoms with E-state index in [1.807, 2.05) is 0 Å². The summed E-state index contributed by atoms with van der Waals surface area (Å²) in [5.41, 5.74) is 6.02. The number of likely N-dealkylation sites (tertiary alicyclic amines) is 1. The predicted molar refractivity (Wildman–Crippen MR) is 53.1 cm³/mol. The van der Waals surface area contributed by atoms with Crippen molar-refractivity contribution in [2.75, 3.05) is 19.6 Å². The van der Waals surface area contributed by atoms with E-state index in [0.29, 0.717) is 6.04 Å². The molecule has 0 aromatic heterocycles. The molecule has 0 aromatic rings. The number of rotatable bonds is 3. The lowest BCUT2D eigenvalue weighted by molar-refractivity contribution is 0.131. The zero-order chi connectivity index (χ0) is 9.19. The summed E-state index contributed by atoms with van der Waals surface area (Å²) in [6.45, 7) is 10.1. The largest absolute Gasteiger partial charge is 0.330 e. The normalized spacial score (nSPS) is 23.0. The van der Waals surface area contributed by atoms with Gasteiger partial charge in [0.1, 0.15) is 0 Å². The number of nitrogens with two attached hydrogens (primary N) is 1. The quantitative estimate of drug-likeness (QED) is 0.694. The highest BCUT2D eigenvalue weighted by molar-refractivity contribution is 4.85. The maximum absolute atomic E-state index is 5.75. The molecule has 0 bridgehead atoms. The van der Waals surface area contributed by atoms with Gasteiger partial charge in [-0.2, -0.15) is 0 Å². The molecule has 1 aliphatic rings. The maximum Gasteiger partial charge on any atom is 0.0130 e. The third kappa shape index (κ3) is 1.99. The molecule has 1 heterocycles. The lowest BCUT2D eigenvalue weighted by Crippen LogP contribution is -2.45. The van der Waals surface area contributed by atoms with Crippen LogP contribution < -0.4 is 5.73 Å². The average Bonchev–Trinajstić information content (AvgIpc) is 2.55. The smallest absolute Gasteiger partial charge is 0.0130 e. The summed E-state index contributed by atoms with van der Waals surface area (Å²) in [6.07, 6.45) is 2.73. The fraction of sp³-hybridized carbons (Fsp3) is 1.00. The minimum absolute atomic E-state index is 0.268. The van der Waals surface area contributed by atoms with E-state index in [9.17, 15) is 0 Å². The molecule has 0 aliphatic carbocycles. The predicted octanol–water partition coefficient (Wildman–Crippen LogP) is 1.46. The van der Waals surface area contributed by atoms with Crippen LogP contribution in [0.4, 0.5) is 0 Å². The van der Waals surface area contributed by atoms with Crippen molar-refractivity contribution in [3.8, 4) is 0 Å². The molecule has 2 N–H and O–H groups in total. The molecule has 1 saturated heterocycles. The summed E-state index contributed by atoms with van der Waals surface area (Å²) in [7, 11) is 0. The summed E-state index contributed by atoms with van der Waals surface area (Å²) >= 11 is 0. The van der Waals surface area contributed by atoms with Crippen molar-refractivity contribution in [1.29, 1.82) is 0 Å². The Bertz CT molecular complexity index is 137. The lowest BCUT2D eigenvalue weighted by Gasteiger charge is -2.37. The summed E-state index contributed by atoms with van der Waals surface area (Å²) in [5, 5.41) is 0. The van der Waals surface area contributed by atoms with E-state index in [1.54, 1.807) is 0 Å². The first-order valence-electron chi connectivity index (χ1n) is 5.02. The minimum atomic E-state index is 0.268. The molecule has 1 fully saturated rings. The van der Waals surface area contributed by atoms with Gasteiger partial charge in [-0.15, -0.1) is 0 Å². The van der Waals surface area contributed by atoms with Crippen LogP contribution in [0.1, 0.15) is 33.6 Å². The van der Waals surface area contributed by atoms with Crippen LogP contribution in [0.2, 0.25) is 0 Å². The Balaban J connectivity index is 2.50. The van der Waals surface area contributed by atoms with Crippen LogP contribution in [-0.4, -0.2) is 30.6 Å². The van der Waals surface area contributed by atoms with Gasteiger partial charge in [-0.05, 0) is 44.8 Å². The molecule has 2 nitrogen and oxygen atoms in total. The maximum atomic E-state index is 5.75. The second-order valence-electron chi connectivity index (χ2n) is 4.61. The number of hydrogen-bond acceptors (Lipinski definition) is 2. The molecule has 1 atom stereocenters. The van der Waals surface area contributed by atoms with Crippen molar-refractivity contribution in [1.82, 2.24) is 4.90 Å². The summed E-state index contributed by atoms with van der Waals surface area (Å²) in [6, 6.07) is 0.630. The van der Waals surface area contributed by atoms with E-state index >= 15 is 0 Å². The van der Waals surface area contributed by atoms with Crippen molar-refractivity contribution in [3.63, 3.8) is 0 Å². The number of hydrogen-bond donors (Lipinski definition) is 1. The highest BCUT2D eigenvalue weighted by Gasteiger charge is 2.30. The fourth-order valence-corrected chi connectivity index (χ4v) is 1.79. The Morgan fingerprint density at radius 2 is 1.83 bits per heavy atom. The third-order valence-corrected chi connectivity index (χ3v) is 3.35. The molecule has 0 radical (unpaired) electrons. The zero-order valence-corrected chi connectivity index (χ0v) is 8.64. The number of nitrogens with zero attached hydrogens (tertiary/aromatic N) is 1. The Morgan fingerprint density at radius 1 is 1.33 bits per heavy atom. The van der Waals surface area contributed by atoms with E-state index in [-0.39, 0.29) is 5.41 Å². The third-order valence-electron chi connectivity index (χ3n) is 3.35. The van der Waals surface area contributed by atoms with E-state index in [1.165, 1.54) is 25.9 Å². The molecule has 0 aromatic carbocycles. The van der Waals surface area contributed by atoms with Crippen molar-refractivity contribution < 1.29 is 0 Å². The Morgan fingerprint density at radius 3 is 2.25 bits per heavy atom. The highest BCUT2D eigenvalue weighted by atomic mass is 15.2. The van der Waals surface area contributed by atoms with Gasteiger partial charge in [0, 0.05) is 6.04 Å². The van der Waals surface area contributed by atoms with E-state index in [4.69, 9.17) is 5.73 Å². The summed E-state index contributed by atoms with van der Waals surface area (Å²) < 4.78 is 0. The first-order chi connectivity index (χ1) is 5.58. The average molecular weight is 170 g/mol. The highest BCUT2D eigenvalue weighted by Crippen LogP contribution is 2.26. The van der Waals surface area contributed by atoms with Gasteiger partial charge < -0.3 is 10.6 Å². The molecule has 1 unspecified atom stereocenters. The zero-order valence-electron chi connectivity index (χ0n) is 8.64. The van der Waals surface area contributed by atoms with Gasteiger partial charge >= 0.3 is 0 Å². The van der Waals surface area contributed by atoms with E-state index < -0.39 is 0 Å². The summed E-state index contributed by atoms with van der Waals surface area (Å²) in [4.78, 5) is 2.56. The molecule has 1 rings (SSSR count). The molecular formula is C10H22N2. The minimum Gasteiger partial charge on any atom is -0.330 e. The molecule has 0 spiro atoms.